The molecule has 1 aliphatic carbocycles. The molecule has 1 fully saturated rings. The van der Waals surface area contributed by atoms with Gasteiger partial charge in [-0.05, 0) is 66.6 Å². The predicted octanol–water partition coefficient (Wildman–Crippen LogP) is 6.64. The fourth-order valence-corrected chi connectivity index (χ4v) is 6.51. The smallest absolute Gasteiger partial charge is 0.422 e. The van der Waals surface area contributed by atoms with Crippen LogP contribution in [0, 0.1) is 0 Å². The number of piperidine rings is 1. The van der Waals surface area contributed by atoms with Crippen LogP contribution in [-0.2, 0) is 10.2 Å². The van der Waals surface area contributed by atoms with Crippen LogP contribution in [0.25, 0.3) is 11.1 Å². The number of carbonyl (C=O) groups excluding carboxylic acids is 2. The monoisotopic (exact) mass is 647 g/mol. The van der Waals surface area contributed by atoms with E-state index in [9.17, 15) is 35.9 Å². The van der Waals surface area contributed by atoms with Crippen molar-refractivity contribution in [3.8, 4) is 16.9 Å². The second kappa shape index (κ2) is 13.7. The van der Waals surface area contributed by atoms with Crippen molar-refractivity contribution in [1.82, 2.24) is 15.5 Å². The van der Waals surface area contributed by atoms with Crippen LogP contribution in [0.4, 0.5) is 26.3 Å². The van der Waals surface area contributed by atoms with E-state index in [0.717, 1.165) is 11.1 Å². The lowest BCUT2D eigenvalue weighted by molar-refractivity contribution is -0.153. The summed E-state index contributed by atoms with van der Waals surface area (Å²) < 4.78 is 82.1. The van der Waals surface area contributed by atoms with E-state index in [0.29, 0.717) is 62.9 Å². The highest BCUT2D eigenvalue weighted by atomic mass is 19.4. The SMILES string of the molecule is O=C(NC1CCN(CCCCC2(C(=O)NCC(F)(F)F)c3ccccc3-c3ccccc32)CC1)c1ccccc1OCC(F)(F)F. The zero-order valence-electron chi connectivity index (χ0n) is 25.0. The molecule has 2 N–H and O–H groups in total. The van der Waals surface area contributed by atoms with Gasteiger partial charge < -0.3 is 20.3 Å². The molecular weight excluding hydrogens is 612 g/mol. The van der Waals surface area contributed by atoms with Crippen molar-refractivity contribution in [1.29, 1.82) is 0 Å². The average molecular weight is 648 g/mol. The van der Waals surface area contributed by atoms with Gasteiger partial charge in [-0.2, -0.15) is 26.3 Å². The number of nitrogens with zero attached hydrogens (tertiary/aromatic N) is 1. The first-order valence-electron chi connectivity index (χ1n) is 15.2. The van der Waals surface area contributed by atoms with E-state index in [1.165, 1.54) is 18.2 Å². The highest BCUT2D eigenvalue weighted by Gasteiger charge is 2.49. The number of unbranched alkanes of at least 4 members (excludes halogenated alkanes) is 1. The summed E-state index contributed by atoms with van der Waals surface area (Å²) in [6.07, 6.45) is -6.14. The second-order valence-electron chi connectivity index (χ2n) is 11.7. The van der Waals surface area contributed by atoms with Gasteiger partial charge in [0.1, 0.15) is 17.7 Å². The van der Waals surface area contributed by atoms with Gasteiger partial charge in [-0.3, -0.25) is 9.59 Å². The number of amides is 2. The number of ether oxygens (including phenoxy) is 1. The van der Waals surface area contributed by atoms with E-state index < -0.39 is 42.7 Å². The first-order valence-corrected chi connectivity index (χ1v) is 15.2. The van der Waals surface area contributed by atoms with Crippen molar-refractivity contribution < 1.29 is 40.7 Å². The summed E-state index contributed by atoms with van der Waals surface area (Å²) in [5, 5.41) is 5.06. The van der Waals surface area contributed by atoms with Gasteiger partial charge in [0.15, 0.2) is 6.61 Å². The minimum atomic E-state index is -4.54. The van der Waals surface area contributed by atoms with Crippen molar-refractivity contribution >= 4 is 11.8 Å². The molecule has 3 aromatic carbocycles. The zero-order chi connectivity index (χ0) is 33.0. The lowest BCUT2D eigenvalue weighted by atomic mass is 9.73. The highest BCUT2D eigenvalue weighted by molar-refractivity contribution is 6.00. The number of benzene rings is 3. The summed E-state index contributed by atoms with van der Waals surface area (Å²) in [5.41, 5.74) is 1.90. The molecule has 0 atom stereocenters. The number of rotatable bonds is 11. The van der Waals surface area contributed by atoms with E-state index in [1.54, 1.807) is 18.2 Å². The molecule has 0 aromatic heterocycles. The average Bonchev–Trinajstić information content (AvgIpc) is 3.32. The zero-order valence-corrected chi connectivity index (χ0v) is 25.0. The van der Waals surface area contributed by atoms with E-state index in [4.69, 9.17) is 4.74 Å². The minimum absolute atomic E-state index is 0.0393. The van der Waals surface area contributed by atoms with Gasteiger partial charge >= 0.3 is 12.4 Å². The van der Waals surface area contributed by atoms with Crippen molar-refractivity contribution in [3.63, 3.8) is 0 Å². The molecule has 0 radical (unpaired) electrons. The molecule has 5 rings (SSSR count). The number of fused-ring (bicyclic) bond motifs is 3. The molecule has 2 aliphatic rings. The van der Waals surface area contributed by atoms with Gasteiger partial charge in [-0.15, -0.1) is 0 Å². The molecule has 46 heavy (non-hydrogen) atoms. The third kappa shape index (κ3) is 7.66. The number of likely N-dealkylation sites (tertiary alicyclic amines) is 1. The molecule has 1 heterocycles. The number of alkyl halides is 6. The van der Waals surface area contributed by atoms with E-state index in [1.807, 2.05) is 36.4 Å². The first kappa shape index (κ1) is 33.3. The molecule has 1 aliphatic heterocycles. The van der Waals surface area contributed by atoms with Gasteiger partial charge in [0.05, 0.1) is 5.56 Å². The van der Waals surface area contributed by atoms with Gasteiger partial charge in [0.25, 0.3) is 5.91 Å². The Balaban J connectivity index is 1.17. The van der Waals surface area contributed by atoms with Crippen LogP contribution in [0.2, 0.25) is 0 Å². The van der Waals surface area contributed by atoms with E-state index >= 15 is 0 Å². The maximum Gasteiger partial charge on any atom is 0.422 e. The summed E-state index contributed by atoms with van der Waals surface area (Å²) in [5.74, 6) is -1.29. The molecular formula is C34H35F6N3O3. The maximum absolute atomic E-state index is 13.6. The Labute approximate surface area is 263 Å². The summed E-state index contributed by atoms with van der Waals surface area (Å²) >= 11 is 0. The maximum atomic E-state index is 13.6. The van der Waals surface area contributed by atoms with Crippen molar-refractivity contribution in [2.24, 2.45) is 0 Å². The number of hydrogen-bond acceptors (Lipinski definition) is 4. The van der Waals surface area contributed by atoms with Gasteiger partial charge in [-0.1, -0.05) is 67.1 Å². The topological polar surface area (TPSA) is 70.7 Å². The van der Waals surface area contributed by atoms with Crippen LogP contribution in [0.1, 0.15) is 53.6 Å². The number of halogens is 6. The van der Waals surface area contributed by atoms with Gasteiger partial charge in [-0.25, -0.2) is 0 Å². The Kier molecular flexibility index (Phi) is 9.95. The Morgan fingerprint density at radius 3 is 2.00 bits per heavy atom. The third-order valence-corrected chi connectivity index (χ3v) is 8.62. The van der Waals surface area contributed by atoms with E-state index in [-0.39, 0.29) is 17.4 Å². The Hall–Kier alpha value is -4.06. The van der Waals surface area contributed by atoms with Crippen molar-refractivity contribution in [3.05, 3.63) is 89.5 Å². The molecule has 0 spiro atoms. The fraction of sp³-hybridized carbons (Fsp3) is 0.412. The fourth-order valence-electron chi connectivity index (χ4n) is 6.51. The predicted molar refractivity (Wildman–Crippen MR) is 160 cm³/mol. The Bertz CT molecular complexity index is 1490. The molecule has 1 saturated heterocycles. The number of hydrogen-bond donors (Lipinski definition) is 2. The Morgan fingerprint density at radius 1 is 0.804 bits per heavy atom. The molecule has 246 valence electrons. The van der Waals surface area contributed by atoms with Gasteiger partial charge in [0.2, 0.25) is 5.91 Å². The molecule has 0 saturated carbocycles. The van der Waals surface area contributed by atoms with Crippen molar-refractivity contribution in [2.75, 3.05) is 32.8 Å². The lowest BCUT2D eigenvalue weighted by Gasteiger charge is -2.33. The van der Waals surface area contributed by atoms with Crippen LogP contribution in [0.15, 0.2) is 72.8 Å². The van der Waals surface area contributed by atoms with Crippen LogP contribution >= 0.6 is 0 Å². The van der Waals surface area contributed by atoms with Crippen LogP contribution in [-0.4, -0.2) is 67.9 Å². The number of nitrogens with one attached hydrogen (secondary N) is 2. The second-order valence-corrected chi connectivity index (χ2v) is 11.7. The first-order chi connectivity index (χ1) is 21.9. The third-order valence-electron chi connectivity index (χ3n) is 8.62. The highest BCUT2D eigenvalue weighted by Crippen LogP contribution is 2.51. The molecule has 6 nitrogen and oxygen atoms in total. The Morgan fingerprint density at radius 2 is 1.39 bits per heavy atom. The standard InChI is InChI=1S/C34H35F6N3O3/c35-33(36,37)21-41-31(45)32(27-12-4-1-9-24(27)25-10-2-5-13-28(25)32)17-7-8-18-43-19-15-23(16-20-43)42-30(44)26-11-3-6-14-29(26)46-22-34(38,39)40/h1-6,9-14,23H,7-8,15-22H2,(H,41,45)(H,42,44). The van der Waals surface area contributed by atoms with Crippen LogP contribution in [0.3, 0.4) is 0 Å². The quantitative estimate of drug-likeness (QED) is 0.181. The van der Waals surface area contributed by atoms with E-state index in [2.05, 4.69) is 15.5 Å². The summed E-state index contributed by atoms with van der Waals surface area (Å²) in [7, 11) is 0. The van der Waals surface area contributed by atoms with Crippen LogP contribution in [0.5, 0.6) is 5.75 Å². The van der Waals surface area contributed by atoms with Crippen LogP contribution < -0.4 is 15.4 Å². The molecule has 3 aromatic rings. The van der Waals surface area contributed by atoms with Crippen molar-refractivity contribution in [2.45, 2.75) is 55.9 Å². The summed E-state index contributed by atoms with van der Waals surface area (Å²) in [4.78, 5) is 28.7. The number of para-hydroxylation sites is 1. The molecule has 0 unspecified atom stereocenters. The molecule has 12 heteroatoms. The molecule has 2 amide bonds. The number of carbonyl (C=O) groups is 2. The molecule has 0 bridgehead atoms. The minimum Gasteiger partial charge on any atom is -0.483 e. The van der Waals surface area contributed by atoms with Gasteiger partial charge in [0, 0.05) is 19.1 Å². The normalized spacial score (nSPS) is 16.4. The summed E-state index contributed by atoms with van der Waals surface area (Å²) in [6, 6.07) is 20.4. The summed E-state index contributed by atoms with van der Waals surface area (Å²) in [6.45, 7) is -0.831. The largest absolute Gasteiger partial charge is 0.483 e. The lowest BCUT2D eigenvalue weighted by Crippen LogP contribution is -2.47.